The molecule has 0 amide bonds. The van der Waals surface area contributed by atoms with Gasteiger partial charge in [-0.3, -0.25) is 0 Å². The fraction of sp³-hybridized carbons (Fsp3) is 0.231. The van der Waals surface area contributed by atoms with Gasteiger partial charge in [0.2, 0.25) is 0 Å². The maximum absolute atomic E-state index is 6.21. The molecule has 0 unspecified atom stereocenters. The van der Waals surface area contributed by atoms with E-state index in [1.807, 2.05) is 24.3 Å². The molecular formula is C13H14BrClN4. The van der Waals surface area contributed by atoms with Crippen LogP contribution in [0.5, 0.6) is 0 Å². The third-order valence-corrected chi connectivity index (χ3v) is 3.48. The number of nitrogens with one attached hydrogen (secondary N) is 1. The first-order chi connectivity index (χ1) is 9.01. The molecule has 2 rings (SSSR count). The predicted octanol–water partition coefficient (Wildman–Crippen LogP) is 3.97. The Labute approximate surface area is 125 Å². The average Bonchev–Trinajstić information content (AvgIpc) is 2.40. The van der Waals surface area contributed by atoms with Crippen LogP contribution in [0.3, 0.4) is 0 Å². The molecule has 0 saturated carbocycles. The van der Waals surface area contributed by atoms with Crippen LogP contribution < -0.4 is 11.3 Å². The van der Waals surface area contributed by atoms with E-state index in [0.717, 1.165) is 15.7 Å². The third kappa shape index (κ3) is 3.23. The smallest absolute Gasteiger partial charge is 0.163 e. The van der Waals surface area contributed by atoms with Crippen LogP contribution in [0.15, 0.2) is 28.7 Å². The van der Waals surface area contributed by atoms with Crippen molar-refractivity contribution in [3.8, 4) is 11.4 Å². The van der Waals surface area contributed by atoms with Crippen LogP contribution in [-0.4, -0.2) is 9.97 Å². The number of hydrogen-bond donors (Lipinski definition) is 2. The molecule has 2 aromatic rings. The lowest BCUT2D eigenvalue weighted by molar-refractivity contribution is 0.817. The van der Waals surface area contributed by atoms with Gasteiger partial charge in [0.1, 0.15) is 5.82 Å². The second-order valence-corrected chi connectivity index (χ2v) is 5.75. The lowest BCUT2D eigenvalue weighted by Crippen LogP contribution is -2.11. The first-order valence-electron chi connectivity index (χ1n) is 5.82. The number of hydrazine groups is 1. The Bertz CT molecular complexity index is 601. The number of halogens is 2. The lowest BCUT2D eigenvalue weighted by Gasteiger charge is -2.11. The monoisotopic (exact) mass is 340 g/mol. The Morgan fingerprint density at radius 3 is 2.63 bits per heavy atom. The van der Waals surface area contributed by atoms with Crippen LogP contribution in [0.4, 0.5) is 5.82 Å². The fourth-order valence-electron chi connectivity index (χ4n) is 1.63. The molecule has 0 atom stereocenters. The number of hydrogen-bond acceptors (Lipinski definition) is 4. The van der Waals surface area contributed by atoms with Crippen LogP contribution in [0.1, 0.15) is 25.5 Å². The predicted molar refractivity (Wildman–Crippen MR) is 82.1 cm³/mol. The van der Waals surface area contributed by atoms with Gasteiger partial charge < -0.3 is 5.43 Å². The molecule has 0 bridgehead atoms. The van der Waals surface area contributed by atoms with Crippen molar-refractivity contribution in [1.29, 1.82) is 0 Å². The van der Waals surface area contributed by atoms with E-state index in [1.54, 1.807) is 0 Å². The molecule has 6 heteroatoms. The molecule has 3 N–H and O–H groups in total. The average molecular weight is 342 g/mol. The van der Waals surface area contributed by atoms with Gasteiger partial charge in [0.25, 0.3) is 0 Å². The zero-order valence-corrected chi connectivity index (χ0v) is 13.0. The zero-order valence-electron chi connectivity index (χ0n) is 10.6. The molecule has 0 fully saturated rings. The molecule has 0 spiro atoms. The quantitative estimate of drug-likeness (QED) is 0.655. The summed E-state index contributed by atoms with van der Waals surface area (Å²) in [6.07, 6.45) is 0. The largest absolute Gasteiger partial charge is 0.308 e. The molecule has 0 saturated heterocycles. The van der Waals surface area contributed by atoms with E-state index in [4.69, 9.17) is 17.4 Å². The summed E-state index contributed by atoms with van der Waals surface area (Å²) in [5.74, 6) is 6.86. The number of nitrogens with zero attached hydrogens (tertiary/aromatic N) is 2. The minimum atomic E-state index is 0.278. The number of aromatic nitrogens is 2. The van der Waals surface area contributed by atoms with Crippen molar-refractivity contribution in [3.63, 3.8) is 0 Å². The van der Waals surface area contributed by atoms with Gasteiger partial charge in [0.15, 0.2) is 5.82 Å². The van der Waals surface area contributed by atoms with Gasteiger partial charge in [-0.15, -0.1) is 0 Å². The minimum absolute atomic E-state index is 0.278. The summed E-state index contributed by atoms with van der Waals surface area (Å²) < 4.78 is 0.924. The Balaban J connectivity index is 2.60. The van der Waals surface area contributed by atoms with Gasteiger partial charge in [-0.25, -0.2) is 15.8 Å². The van der Waals surface area contributed by atoms with Gasteiger partial charge in [-0.2, -0.15) is 0 Å². The van der Waals surface area contributed by atoms with Crippen molar-refractivity contribution in [2.75, 3.05) is 5.43 Å². The zero-order chi connectivity index (χ0) is 14.0. The number of benzene rings is 1. The summed E-state index contributed by atoms with van der Waals surface area (Å²) in [7, 11) is 0. The Kier molecular flexibility index (Phi) is 4.39. The molecule has 1 heterocycles. The molecular weight excluding hydrogens is 328 g/mol. The molecule has 0 aliphatic carbocycles. The van der Waals surface area contributed by atoms with Crippen molar-refractivity contribution in [1.82, 2.24) is 9.97 Å². The van der Waals surface area contributed by atoms with E-state index in [2.05, 4.69) is 45.2 Å². The summed E-state index contributed by atoms with van der Waals surface area (Å²) in [5.41, 5.74) is 4.24. The van der Waals surface area contributed by atoms with Crippen molar-refractivity contribution in [2.24, 2.45) is 5.84 Å². The van der Waals surface area contributed by atoms with Crippen molar-refractivity contribution in [2.45, 2.75) is 19.8 Å². The van der Waals surface area contributed by atoms with E-state index in [0.29, 0.717) is 16.7 Å². The van der Waals surface area contributed by atoms with E-state index >= 15 is 0 Å². The first-order valence-corrected chi connectivity index (χ1v) is 6.99. The van der Waals surface area contributed by atoms with E-state index < -0.39 is 0 Å². The summed E-state index contributed by atoms with van der Waals surface area (Å²) in [6, 6.07) is 7.41. The lowest BCUT2D eigenvalue weighted by atomic mass is 10.1. The summed E-state index contributed by atoms with van der Waals surface area (Å²) >= 11 is 9.63. The van der Waals surface area contributed by atoms with E-state index in [1.165, 1.54) is 0 Å². The number of rotatable bonds is 3. The number of nitrogens with two attached hydrogens (primary N) is 1. The minimum Gasteiger partial charge on any atom is -0.308 e. The second-order valence-electron chi connectivity index (χ2n) is 4.42. The molecule has 0 aliphatic rings. The molecule has 0 aliphatic heterocycles. The highest BCUT2D eigenvalue weighted by atomic mass is 79.9. The standard InChI is InChI=1S/C13H14BrClN4/c1-7(2)11-6-12(19-16)18-13(17-11)9-5-8(14)3-4-10(9)15/h3-7H,16H2,1-2H3,(H,17,18,19). The fourth-order valence-corrected chi connectivity index (χ4v) is 2.19. The maximum Gasteiger partial charge on any atom is 0.163 e. The van der Waals surface area contributed by atoms with Gasteiger partial charge in [0.05, 0.1) is 5.02 Å². The molecule has 100 valence electrons. The normalized spacial score (nSPS) is 10.8. The SMILES string of the molecule is CC(C)c1cc(NN)nc(-c2cc(Br)ccc2Cl)n1. The Hall–Kier alpha value is -1.17. The molecule has 19 heavy (non-hydrogen) atoms. The molecule has 1 aromatic carbocycles. The van der Waals surface area contributed by atoms with Gasteiger partial charge >= 0.3 is 0 Å². The first kappa shape index (κ1) is 14.2. The Morgan fingerprint density at radius 2 is 2.00 bits per heavy atom. The van der Waals surface area contributed by atoms with Crippen LogP contribution in [0.2, 0.25) is 5.02 Å². The Morgan fingerprint density at radius 1 is 1.26 bits per heavy atom. The summed E-state index contributed by atoms with van der Waals surface area (Å²) in [4.78, 5) is 8.90. The van der Waals surface area contributed by atoms with Crippen molar-refractivity contribution >= 4 is 33.3 Å². The number of anilines is 1. The number of nitrogen functional groups attached to an aromatic ring is 1. The topological polar surface area (TPSA) is 63.8 Å². The van der Waals surface area contributed by atoms with Crippen molar-refractivity contribution < 1.29 is 0 Å². The highest BCUT2D eigenvalue weighted by Crippen LogP contribution is 2.30. The van der Waals surface area contributed by atoms with Crippen LogP contribution in [0.25, 0.3) is 11.4 Å². The van der Waals surface area contributed by atoms with Gasteiger partial charge in [-0.1, -0.05) is 41.4 Å². The van der Waals surface area contributed by atoms with E-state index in [9.17, 15) is 0 Å². The maximum atomic E-state index is 6.21. The van der Waals surface area contributed by atoms with Crippen LogP contribution >= 0.6 is 27.5 Å². The molecule has 1 aromatic heterocycles. The van der Waals surface area contributed by atoms with Gasteiger partial charge in [-0.05, 0) is 24.1 Å². The van der Waals surface area contributed by atoms with Crippen LogP contribution in [0, 0.1) is 0 Å². The summed E-state index contributed by atoms with van der Waals surface area (Å²) in [6.45, 7) is 4.13. The highest BCUT2D eigenvalue weighted by molar-refractivity contribution is 9.10. The highest BCUT2D eigenvalue weighted by Gasteiger charge is 2.12. The second kappa shape index (κ2) is 5.86. The third-order valence-electron chi connectivity index (χ3n) is 2.65. The van der Waals surface area contributed by atoms with Gasteiger partial charge in [0, 0.05) is 21.8 Å². The summed E-state index contributed by atoms with van der Waals surface area (Å²) in [5, 5.41) is 0.604. The molecule has 4 nitrogen and oxygen atoms in total. The van der Waals surface area contributed by atoms with Crippen molar-refractivity contribution in [3.05, 3.63) is 39.5 Å². The van der Waals surface area contributed by atoms with E-state index in [-0.39, 0.29) is 5.92 Å². The van der Waals surface area contributed by atoms with Crippen LogP contribution in [-0.2, 0) is 0 Å². The molecule has 0 radical (unpaired) electrons.